The molecular weight excluding hydrogens is 398 g/mol. The van der Waals surface area contributed by atoms with Crippen LogP contribution in [0.2, 0.25) is 5.02 Å². The second-order valence-electron chi connectivity index (χ2n) is 6.06. The quantitative estimate of drug-likeness (QED) is 0.614. The van der Waals surface area contributed by atoms with Crippen molar-refractivity contribution in [3.63, 3.8) is 0 Å². The first-order chi connectivity index (χ1) is 13.8. The van der Waals surface area contributed by atoms with Gasteiger partial charge in [-0.05, 0) is 37.3 Å². The first-order valence-corrected chi connectivity index (χ1v) is 8.84. The van der Waals surface area contributed by atoms with Crippen LogP contribution >= 0.6 is 11.6 Å². The molecular formula is C19H16ClN5O4. The van der Waals surface area contributed by atoms with Gasteiger partial charge in [0.05, 0.1) is 5.69 Å². The van der Waals surface area contributed by atoms with E-state index < -0.39 is 22.9 Å². The molecule has 0 atom stereocenters. The maximum absolute atomic E-state index is 12.3. The molecule has 0 spiro atoms. The molecule has 3 aromatic rings. The van der Waals surface area contributed by atoms with Crippen molar-refractivity contribution >= 4 is 23.4 Å². The summed E-state index contributed by atoms with van der Waals surface area (Å²) in [6, 6.07) is 12.4. The molecule has 0 radical (unpaired) electrons. The van der Waals surface area contributed by atoms with Crippen LogP contribution in [0.5, 0.6) is 0 Å². The predicted octanol–water partition coefficient (Wildman–Crippen LogP) is 0.817. The van der Waals surface area contributed by atoms with E-state index in [2.05, 4.69) is 16.0 Å². The van der Waals surface area contributed by atoms with Crippen molar-refractivity contribution < 1.29 is 9.59 Å². The highest BCUT2D eigenvalue weighted by molar-refractivity contribution is 6.30. The third-order valence-electron chi connectivity index (χ3n) is 3.92. The molecule has 0 saturated heterocycles. The summed E-state index contributed by atoms with van der Waals surface area (Å²) in [6.07, 6.45) is 1.44. The number of hydrogen-bond donors (Lipinski definition) is 2. The van der Waals surface area contributed by atoms with Crippen molar-refractivity contribution in [1.29, 1.82) is 0 Å². The maximum atomic E-state index is 12.3. The minimum Gasteiger partial charge on any atom is -0.306 e. The number of hydrogen-bond acceptors (Lipinski definition) is 5. The highest BCUT2D eigenvalue weighted by Crippen LogP contribution is 2.13. The van der Waals surface area contributed by atoms with Gasteiger partial charge in [0.25, 0.3) is 17.4 Å². The number of rotatable bonds is 4. The first-order valence-electron chi connectivity index (χ1n) is 8.47. The molecule has 2 heterocycles. The van der Waals surface area contributed by atoms with Gasteiger partial charge in [0.15, 0.2) is 5.69 Å². The molecule has 0 unspecified atom stereocenters. The van der Waals surface area contributed by atoms with E-state index in [0.717, 1.165) is 0 Å². The van der Waals surface area contributed by atoms with Crippen molar-refractivity contribution in [2.24, 2.45) is 0 Å². The van der Waals surface area contributed by atoms with Crippen molar-refractivity contribution in [1.82, 2.24) is 25.2 Å². The zero-order chi connectivity index (χ0) is 21.0. The number of aryl methyl sites for hydroxylation is 1. The number of carbonyl (C=O) groups excluding carboxylic acids is 2. The molecule has 0 bridgehead atoms. The summed E-state index contributed by atoms with van der Waals surface area (Å²) in [6.45, 7) is 1.38. The molecule has 2 amide bonds. The standard InChI is InChI=1S/C19H16ClN5O4/c1-12-10-15(26)18(23-25(12)14-7-5-13(20)6-8-14)19(29)22-21-16(27)11-24-9-3-2-4-17(24)28/h2-10H,11H2,1H3,(H,21,27)(H,22,29). The van der Waals surface area contributed by atoms with Gasteiger partial charge in [-0.15, -0.1) is 0 Å². The topological polar surface area (TPSA) is 115 Å². The third-order valence-corrected chi connectivity index (χ3v) is 4.17. The summed E-state index contributed by atoms with van der Waals surface area (Å²) in [4.78, 5) is 48.1. The highest BCUT2D eigenvalue weighted by atomic mass is 35.5. The van der Waals surface area contributed by atoms with Crippen LogP contribution < -0.4 is 21.8 Å². The summed E-state index contributed by atoms with van der Waals surface area (Å²) in [5, 5.41) is 4.62. The van der Waals surface area contributed by atoms with Gasteiger partial charge in [-0.2, -0.15) is 5.10 Å². The van der Waals surface area contributed by atoms with Gasteiger partial charge in [-0.3, -0.25) is 30.0 Å². The molecule has 0 aliphatic carbocycles. The van der Waals surface area contributed by atoms with Crippen LogP contribution in [0, 0.1) is 6.92 Å². The maximum Gasteiger partial charge on any atom is 0.294 e. The molecule has 0 saturated carbocycles. The number of halogens is 1. The number of nitrogens with one attached hydrogen (secondary N) is 2. The fraction of sp³-hybridized carbons (Fsp3) is 0.105. The van der Waals surface area contributed by atoms with Crippen LogP contribution in [0.15, 0.2) is 64.3 Å². The Morgan fingerprint density at radius 1 is 1.07 bits per heavy atom. The summed E-state index contributed by atoms with van der Waals surface area (Å²) in [5.74, 6) is -1.52. The van der Waals surface area contributed by atoms with Crippen molar-refractivity contribution in [2.45, 2.75) is 13.5 Å². The number of nitrogens with zero attached hydrogens (tertiary/aromatic N) is 3. The zero-order valence-electron chi connectivity index (χ0n) is 15.3. The lowest BCUT2D eigenvalue weighted by Gasteiger charge is -2.12. The van der Waals surface area contributed by atoms with Crippen molar-refractivity contribution in [2.75, 3.05) is 0 Å². The Morgan fingerprint density at radius 3 is 2.48 bits per heavy atom. The molecule has 0 aliphatic heterocycles. The molecule has 10 heteroatoms. The van der Waals surface area contributed by atoms with Gasteiger partial charge >= 0.3 is 0 Å². The average molecular weight is 414 g/mol. The second-order valence-corrected chi connectivity index (χ2v) is 6.49. The number of carbonyl (C=O) groups is 2. The van der Waals surface area contributed by atoms with Crippen molar-refractivity contribution in [3.05, 3.63) is 91.7 Å². The van der Waals surface area contributed by atoms with Crippen LogP contribution in [0.3, 0.4) is 0 Å². The molecule has 9 nitrogen and oxygen atoms in total. The average Bonchev–Trinajstić information content (AvgIpc) is 2.69. The van der Waals surface area contributed by atoms with Crippen LogP contribution in [-0.2, 0) is 11.3 Å². The lowest BCUT2D eigenvalue weighted by molar-refractivity contribution is -0.122. The smallest absolute Gasteiger partial charge is 0.294 e. The normalized spacial score (nSPS) is 10.4. The van der Waals surface area contributed by atoms with E-state index in [0.29, 0.717) is 16.4 Å². The van der Waals surface area contributed by atoms with Crippen molar-refractivity contribution in [3.8, 4) is 5.69 Å². The molecule has 29 heavy (non-hydrogen) atoms. The Bertz CT molecular complexity index is 1180. The minimum absolute atomic E-state index is 0.295. The fourth-order valence-corrected chi connectivity index (χ4v) is 2.65. The molecule has 3 rings (SSSR count). The summed E-state index contributed by atoms with van der Waals surface area (Å²) in [5.41, 5.74) is 4.06. The molecule has 2 aromatic heterocycles. The monoisotopic (exact) mass is 413 g/mol. The summed E-state index contributed by atoms with van der Waals surface area (Å²) < 4.78 is 2.58. The molecule has 1 aromatic carbocycles. The van der Waals surface area contributed by atoms with E-state index in [4.69, 9.17) is 11.6 Å². The largest absolute Gasteiger partial charge is 0.306 e. The Morgan fingerprint density at radius 2 is 1.79 bits per heavy atom. The van der Waals surface area contributed by atoms with Crippen LogP contribution in [0.25, 0.3) is 5.69 Å². The highest BCUT2D eigenvalue weighted by Gasteiger charge is 2.16. The van der Waals surface area contributed by atoms with E-state index >= 15 is 0 Å². The van der Waals surface area contributed by atoms with Crippen LogP contribution in [-0.4, -0.2) is 26.2 Å². The Labute approximate surface area is 169 Å². The van der Waals surface area contributed by atoms with E-state index in [-0.39, 0.29) is 12.1 Å². The first kappa shape index (κ1) is 20.0. The van der Waals surface area contributed by atoms with Crippen LogP contribution in [0.1, 0.15) is 16.2 Å². The fourth-order valence-electron chi connectivity index (χ4n) is 2.52. The zero-order valence-corrected chi connectivity index (χ0v) is 16.0. The van der Waals surface area contributed by atoms with E-state index in [1.54, 1.807) is 43.3 Å². The van der Waals surface area contributed by atoms with E-state index in [1.807, 2.05) is 0 Å². The van der Waals surface area contributed by atoms with Gasteiger partial charge in [0.2, 0.25) is 5.43 Å². The van der Waals surface area contributed by atoms with Crippen LogP contribution in [0.4, 0.5) is 0 Å². The minimum atomic E-state index is -0.883. The van der Waals surface area contributed by atoms with Gasteiger partial charge in [0, 0.05) is 29.0 Å². The van der Waals surface area contributed by atoms with Gasteiger partial charge in [-0.25, -0.2) is 4.68 Å². The molecule has 0 aliphatic rings. The second kappa shape index (κ2) is 8.53. The number of amides is 2. The SMILES string of the molecule is Cc1cc(=O)c(C(=O)NNC(=O)Cn2ccccc2=O)nn1-c1ccc(Cl)cc1. The lowest BCUT2D eigenvalue weighted by Crippen LogP contribution is -2.46. The van der Waals surface area contributed by atoms with Gasteiger partial charge in [-0.1, -0.05) is 17.7 Å². The molecule has 2 N–H and O–H groups in total. The van der Waals surface area contributed by atoms with E-state index in [1.165, 1.54) is 27.6 Å². The lowest BCUT2D eigenvalue weighted by atomic mass is 10.3. The Balaban J connectivity index is 1.75. The van der Waals surface area contributed by atoms with E-state index in [9.17, 15) is 19.2 Å². The molecule has 148 valence electrons. The van der Waals surface area contributed by atoms with Gasteiger partial charge in [0.1, 0.15) is 6.54 Å². The predicted molar refractivity (Wildman–Crippen MR) is 106 cm³/mol. The number of hydrazine groups is 1. The Hall–Kier alpha value is -3.72. The third kappa shape index (κ3) is 4.77. The number of aromatic nitrogens is 3. The summed E-state index contributed by atoms with van der Waals surface area (Å²) >= 11 is 5.88. The summed E-state index contributed by atoms with van der Waals surface area (Å²) in [7, 11) is 0. The number of pyridine rings is 1. The van der Waals surface area contributed by atoms with Gasteiger partial charge < -0.3 is 4.57 Å². The number of benzene rings is 1. The molecule has 0 fully saturated rings. The Kier molecular flexibility index (Phi) is 5.89.